The number of hydrogen-bond donors (Lipinski definition) is 2. The van der Waals surface area contributed by atoms with Crippen molar-refractivity contribution in [2.75, 3.05) is 32.1 Å². The molecule has 20 heavy (non-hydrogen) atoms. The molecule has 0 spiro atoms. The summed E-state index contributed by atoms with van der Waals surface area (Å²) in [5.74, 6) is 1.20. The summed E-state index contributed by atoms with van der Waals surface area (Å²) in [6.45, 7) is 1.31. The topological polar surface area (TPSA) is 58.7 Å². The minimum absolute atomic E-state index is 0.327. The molecule has 0 radical (unpaired) electrons. The summed E-state index contributed by atoms with van der Waals surface area (Å²) in [5, 5.41) is 10.5. The number of aliphatic hydroxyl groups is 1. The standard InChI is InChI=1S/C16H26N2O2/c1-18(14-5-7-15(20-2)8-6-14)11-9-13-4-3-10-16(13,19)12-17/h5-8,13,19H,3-4,9-12,17H2,1-2H3. The highest BCUT2D eigenvalue weighted by Gasteiger charge is 2.39. The molecule has 0 heterocycles. The molecular formula is C16H26N2O2. The summed E-state index contributed by atoms with van der Waals surface area (Å²) in [5.41, 5.74) is 6.26. The van der Waals surface area contributed by atoms with Crippen molar-refractivity contribution in [3.63, 3.8) is 0 Å². The first kappa shape index (κ1) is 15.1. The zero-order valence-corrected chi connectivity index (χ0v) is 12.5. The van der Waals surface area contributed by atoms with Crippen LogP contribution in [0.1, 0.15) is 25.7 Å². The quantitative estimate of drug-likeness (QED) is 0.836. The van der Waals surface area contributed by atoms with Crippen LogP contribution >= 0.6 is 0 Å². The summed E-state index contributed by atoms with van der Waals surface area (Å²) in [7, 11) is 3.75. The number of benzene rings is 1. The highest BCUT2D eigenvalue weighted by Crippen LogP contribution is 2.37. The Morgan fingerprint density at radius 1 is 1.40 bits per heavy atom. The van der Waals surface area contributed by atoms with Crippen molar-refractivity contribution in [3.05, 3.63) is 24.3 Å². The molecule has 1 aliphatic rings. The van der Waals surface area contributed by atoms with E-state index in [9.17, 15) is 5.11 Å². The molecule has 1 aliphatic carbocycles. The van der Waals surface area contributed by atoms with E-state index < -0.39 is 5.60 Å². The summed E-state index contributed by atoms with van der Waals surface area (Å²) >= 11 is 0. The van der Waals surface area contributed by atoms with Gasteiger partial charge in [-0.2, -0.15) is 0 Å². The van der Waals surface area contributed by atoms with Crippen LogP contribution < -0.4 is 15.4 Å². The van der Waals surface area contributed by atoms with Crippen molar-refractivity contribution in [2.24, 2.45) is 11.7 Å². The number of nitrogens with zero attached hydrogens (tertiary/aromatic N) is 1. The Bertz CT molecular complexity index is 421. The molecule has 0 amide bonds. The second kappa shape index (κ2) is 6.46. The van der Waals surface area contributed by atoms with Gasteiger partial charge in [0.05, 0.1) is 12.7 Å². The lowest BCUT2D eigenvalue weighted by molar-refractivity contribution is 0.00896. The molecule has 2 atom stereocenters. The van der Waals surface area contributed by atoms with Crippen molar-refractivity contribution in [1.29, 1.82) is 0 Å². The van der Waals surface area contributed by atoms with E-state index in [1.165, 1.54) is 5.69 Å². The van der Waals surface area contributed by atoms with Crippen LogP contribution in [0, 0.1) is 5.92 Å². The number of anilines is 1. The second-order valence-corrected chi connectivity index (χ2v) is 5.81. The molecule has 4 heteroatoms. The number of nitrogens with two attached hydrogens (primary N) is 1. The van der Waals surface area contributed by atoms with E-state index in [2.05, 4.69) is 24.1 Å². The predicted octanol–water partition coefficient (Wildman–Crippen LogP) is 2.01. The van der Waals surface area contributed by atoms with Gasteiger partial charge in [-0.3, -0.25) is 0 Å². The molecule has 1 saturated carbocycles. The average Bonchev–Trinajstić information content (AvgIpc) is 2.86. The van der Waals surface area contributed by atoms with Crippen LogP contribution in [0.25, 0.3) is 0 Å². The smallest absolute Gasteiger partial charge is 0.119 e. The first-order valence-corrected chi connectivity index (χ1v) is 7.36. The van der Waals surface area contributed by atoms with E-state index in [0.717, 1.165) is 38.0 Å². The van der Waals surface area contributed by atoms with Gasteiger partial charge in [-0.15, -0.1) is 0 Å². The Balaban J connectivity index is 1.89. The third-order valence-electron chi connectivity index (χ3n) is 4.60. The Labute approximate surface area is 121 Å². The third-order valence-corrected chi connectivity index (χ3v) is 4.60. The molecule has 0 saturated heterocycles. The number of rotatable bonds is 6. The summed E-state index contributed by atoms with van der Waals surface area (Å²) in [6.07, 6.45) is 4.01. The van der Waals surface area contributed by atoms with Crippen molar-refractivity contribution in [1.82, 2.24) is 0 Å². The third kappa shape index (κ3) is 3.25. The lowest BCUT2D eigenvalue weighted by Gasteiger charge is -2.30. The maximum atomic E-state index is 10.5. The number of ether oxygens (including phenoxy) is 1. The zero-order chi connectivity index (χ0) is 14.6. The molecular weight excluding hydrogens is 252 g/mol. The average molecular weight is 278 g/mol. The fourth-order valence-electron chi connectivity index (χ4n) is 3.12. The van der Waals surface area contributed by atoms with Gasteiger partial charge in [-0.1, -0.05) is 6.42 Å². The van der Waals surface area contributed by atoms with Gasteiger partial charge in [0.25, 0.3) is 0 Å². The van der Waals surface area contributed by atoms with E-state index in [1.54, 1.807) is 7.11 Å². The van der Waals surface area contributed by atoms with Gasteiger partial charge in [-0.05, 0) is 49.4 Å². The normalized spacial score (nSPS) is 25.7. The first-order valence-electron chi connectivity index (χ1n) is 7.36. The molecule has 3 N–H and O–H groups in total. The summed E-state index contributed by atoms with van der Waals surface area (Å²) in [4.78, 5) is 2.22. The molecule has 0 aliphatic heterocycles. The molecule has 0 bridgehead atoms. The fraction of sp³-hybridized carbons (Fsp3) is 0.625. The zero-order valence-electron chi connectivity index (χ0n) is 12.5. The van der Waals surface area contributed by atoms with Crippen molar-refractivity contribution in [3.8, 4) is 5.75 Å². The van der Waals surface area contributed by atoms with Crippen LogP contribution in [0.4, 0.5) is 5.69 Å². The van der Waals surface area contributed by atoms with Gasteiger partial charge in [-0.25, -0.2) is 0 Å². The van der Waals surface area contributed by atoms with Crippen LogP contribution in [0.3, 0.4) is 0 Å². The second-order valence-electron chi connectivity index (χ2n) is 5.81. The molecule has 1 aromatic rings. The molecule has 4 nitrogen and oxygen atoms in total. The van der Waals surface area contributed by atoms with Gasteiger partial charge in [0.1, 0.15) is 5.75 Å². The predicted molar refractivity (Wildman–Crippen MR) is 82.2 cm³/mol. The van der Waals surface area contributed by atoms with Gasteiger partial charge in [0.2, 0.25) is 0 Å². The van der Waals surface area contributed by atoms with Gasteiger partial charge in [0.15, 0.2) is 0 Å². The van der Waals surface area contributed by atoms with Gasteiger partial charge >= 0.3 is 0 Å². The van der Waals surface area contributed by atoms with E-state index in [4.69, 9.17) is 10.5 Å². The van der Waals surface area contributed by atoms with Crippen LogP contribution in [0.2, 0.25) is 0 Å². The van der Waals surface area contributed by atoms with Crippen LogP contribution in [0.15, 0.2) is 24.3 Å². The van der Waals surface area contributed by atoms with E-state index >= 15 is 0 Å². The van der Waals surface area contributed by atoms with E-state index in [1.807, 2.05) is 12.1 Å². The minimum Gasteiger partial charge on any atom is -0.497 e. The van der Waals surface area contributed by atoms with Crippen LogP contribution in [-0.4, -0.2) is 38.0 Å². The molecule has 0 aromatic heterocycles. The Morgan fingerprint density at radius 3 is 2.70 bits per heavy atom. The van der Waals surface area contributed by atoms with Crippen molar-refractivity contribution < 1.29 is 9.84 Å². The highest BCUT2D eigenvalue weighted by molar-refractivity contribution is 5.48. The number of methoxy groups -OCH3 is 1. The monoisotopic (exact) mass is 278 g/mol. The largest absolute Gasteiger partial charge is 0.497 e. The summed E-state index contributed by atoms with van der Waals surface area (Å²) in [6, 6.07) is 8.06. The summed E-state index contributed by atoms with van der Waals surface area (Å²) < 4.78 is 5.17. The Kier molecular flexibility index (Phi) is 4.89. The SMILES string of the molecule is COc1ccc(N(C)CCC2CCCC2(O)CN)cc1. The van der Waals surface area contributed by atoms with Gasteiger partial charge < -0.3 is 20.5 Å². The van der Waals surface area contributed by atoms with Crippen LogP contribution in [-0.2, 0) is 0 Å². The van der Waals surface area contributed by atoms with Crippen molar-refractivity contribution in [2.45, 2.75) is 31.3 Å². The Hall–Kier alpha value is -1.26. The molecule has 1 fully saturated rings. The maximum absolute atomic E-state index is 10.5. The highest BCUT2D eigenvalue weighted by atomic mass is 16.5. The Morgan fingerprint density at radius 2 is 2.10 bits per heavy atom. The van der Waals surface area contributed by atoms with Crippen molar-refractivity contribution >= 4 is 5.69 Å². The molecule has 1 aromatic carbocycles. The lowest BCUT2D eigenvalue weighted by atomic mass is 9.88. The van der Waals surface area contributed by atoms with Crippen LogP contribution in [0.5, 0.6) is 5.75 Å². The first-order chi connectivity index (χ1) is 9.59. The minimum atomic E-state index is -0.638. The molecule has 2 unspecified atom stereocenters. The number of hydrogen-bond acceptors (Lipinski definition) is 4. The van der Waals surface area contributed by atoms with E-state index in [0.29, 0.717) is 12.5 Å². The molecule has 112 valence electrons. The van der Waals surface area contributed by atoms with E-state index in [-0.39, 0.29) is 0 Å². The molecule has 2 rings (SSSR count). The fourth-order valence-corrected chi connectivity index (χ4v) is 3.12. The lowest BCUT2D eigenvalue weighted by Crippen LogP contribution is -2.42. The maximum Gasteiger partial charge on any atom is 0.119 e. The van der Waals surface area contributed by atoms with Gasteiger partial charge in [0, 0.05) is 25.8 Å².